The summed E-state index contributed by atoms with van der Waals surface area (Å²) in [6, 6.07) is 33.6. The Labute approximate surface area is 148 Å². The first-order chi connectivity index (χ1) is 12.4. The SMILES string of the molecule is c1ccc(Nc2ccc(NCc3cccc4ccccc34)cc2)cc1. The van der Waals surface area contributed by atoms with Crippen LogP contribution < -0.4 is 10.6 Å². The first-order valence-electron chi connectivity index (χ1n) is 8.51. The van der Waals surface area contributed by atoms with Gasteiger partial charge in [-0.2, -0.15) is 0 Å². The zero-order valence-corrected chi connectivity index (χ0v) is 13.9. The van der Waals surface area contributed by atoms with E-state index < -0.39 is 0 Å². The second-order valence-electron chi connectivity index (χ2n) is 6.06. The summed E-state index contributed by atoms with van der Waals surface area (Å²) in [5.41, 5.74) is 4.61. The Balaban J connectivity index is 1.44. The van der Waals surface area contributed by atoms with Crippen molar-refractivity contribution in [1.82, 2.24) is 0 Å². The normalized spacial score (nSPS) is 10.6. The first kappa shape index (κ1) is 15.3. The van der Waals surface area contributed by atoms with Crippen LogP contribution in [0, 0.1) is 0 Å². The molecule has 2 N–H and O–H groups in total. The standard InChI is InChI=1S/C23H20N2/c1-2-10-21(11-3-1)25-22-15-13-20(14-16-22)24-17-19-9-6-8-18-7-4-5-12-23(18)19/h1-16,24-25H,17H2. The number of benzene rings is 4. The Hall–Kier alpha value is -3.26. The Morgan fingerprint density at radius 1 is 0.520 bits per heavy atom. The summed E-state index contributed by atoms with van der Waals surface area (Å²) < 4.78 is 0. The predicted molar refractivity (Wildman–Crippen MR) is 107 cm³/mol. The van der Waals surface area contributed by atoms with Crippen LogP contribution in [0.1, 0.15) is 5.56 Å². The van der Waals surface area contributed by atoms with Crippen molar-refractivity contribution in [3.8, 4) is 0 Å². The summed E-state index contributed by atoms with van der Waals surface area (Å²) in [4.78, 5) is 0. The van der Waals surface area contributed by atoms with Gasteiger partial charge in [0, 0.05) is 23.6 Å². The van der Waals surface area contributed by atoms with Gasteiger partial charge in [0.1, 0.15) is 0 Å². The molecule has 0 fully saturated rings. The van der Waals surface area contributed by atoms with Gasteiger partial charge >= 0.3 is 0 Å². The number of anilines is 3. The van der Waals surface area contributed by atoms with Crippen molar-refractivity contribution in [3.63, 3.8) is 0 Å². The molecule has 0 saturated carbocycles. The average molecular weight is 324 g/mol. The molecule has 0 radical (unpaired) electrons. The van der Waals surface area contributed by atoms with Crippen molar-refractivity contribution in [2.75, 3.05) is 10.6 Å². The summed E-state index contributed by atoms with van der Waals surface area (Å²) in [6.07, 6.45) is 0. The molecule has 0 heterocycles. The third kappa shape index (κ3) is 3.64. The fourth-order valence-electron chi connectivity index (χ4n) is 3.00. The molecule has 2 heteroatoms. The fourth-order valence-corrected chi connectivity index (χ4v) is 3.00. The van der Waals surface area contributed by atoms with Gasteiger partial charge in [-0.1, -0.05) is 60.7 Å². The molecule has 2 nitrogen and oxygen atoms in total. The minimum Gasteiger partial charge on any atom is -0.381 e. The lowest BCUT2D eigenvalue weighted by atomic mass is 10.0. The lowest BCUT2D eigenvalue weighted by molar-refractivity contribution is 1.17. The number of hydrogen-bond donors (Lipinski definition) is 2. The Morgan fingerprint density at radius 3 is 2.00 bits per heavy atom. The third-order valence-electron chi connectivity index (χ3n) is 4.31. The maximum atomic E-state index is 3.52. The van der Waals surface area contributed by atoms with Gasteiger partial charge in [0.2, 0.25) is 0 Å². The van der Waals surface area contributed by atoms with Crippen LogP contribution in [0.25, 0.3) is 10.8 Å². The number of para-hydroxylation sites is 1. The number of nitrogens with one attached hydrogen (secondary N) is 2. The predicted octanol–water partition coefficient (Wildman–Crippen LogP) is 6.20. The highest BCUT2D eigenvalue weighted by atomic mass is 14.9. The quantitative estimate of drug-likeness (QED) is 0.457. The zero-order valence-electron chi connectivity index (χ0n) is 13.9. The molecule has 0 aliphatic carbocycles. The minimum atomic E-state index is 0.812. The van der Waals surface area contributed by atoms with Crippen LogP contribution in [-0.4, -0.2) is 0 Å². The Kier molecular flexibility index (Phi) is 4.34. The van der Waals surface area contributed by atoms with Crippen molar-refractivity contribution >= 4 is 27.8 Å². The molecule has 25 heavy (non-hydrogen) atoms. The smallest absolute Gasteiger partial charge is 0.0406 e. The maximum Gasteiger partial charge on any atom is 0.0406 e. The molecule has 0 bridgehead atoms. The third-order valence-corrected chi connectivity index (χ3v) is 4.31. The van der Waals surface area contributed by atoms with Crippen LogP contribution in [0.2, 0.25) is 0 Å². The maximum absolute atomic E-state index is 3.52. The summed E-state index contributed by atoms with van der Waals surface area (Å²) >= 11 is 0. The van der Waals surface area contributed by atoms with Gasteiger partial charge in [0.15, 0.2) is 0 Å². The number of hydrogen-bond acceptors (Lipinski definition) is 2. The second-order valence-corrected chi connectivity index (χ2v) is 6.06. The minimum absolute atomic E-state index is 0.812. The molecule has 4 rings (SSSR count). The molecule has 0 spiro atoms. The molecule has 4 aromatic carbocycles. The van der Waals surface area contributed by atoms with E-state index in [-0.39, 0.29) is 0 Å². The number of rotatable bonds is 5. The molecule has 0 aliphatic heterocycles. The monoisotopic (exact) mass is 324 g/mol. The van der Waals surface area contributed by atoms with Gasteiger partial charge in [0.25, 0.3) is 0 Å². The Bertz CT molecular complexity index is 955. The molecular weight excluding hydrogens is 304 g/mol. The van der Waals surface area contributed by atoms with Crippen molar-refractivity contribution in [3.05, 3.63) is 103 Å². The average Bonchev–Trinajstić information content (AvgIpc) is 2.68. The van der Waals surface area contributed by atoms with Crippen LogP contribution in [0.3, 0.4) is 0 Å². The van der Waals surface area contributed by atoms with Crippen molar-refractivity contribution in [1.29, 1.82) is 0 Å². The van der Waals surface area contributed by atoms with E-state index in [0.29, 0.717) is 0 Å². The van der Waals surface area contributed by atoms with E-state index in [2.05, 4.69) is 89.5 Å². The summed E-state index contributed by atoms with van der Waals surface area (Å²) in [6.45, 7) is 0.812. The van der Waals surface area contributed by atoms with Gasteiger partial charge in [-0.3, -0.25) is 0 Å². The molecule has 0 atom stereocenters. The lowest BCUT2D eigenvalue weighted by Gasteiger charge is -2.11. The van der Waals surface area contributed by atoms with Crippen LogP contribution in [0.5, 0.6) is 0 Å². The molecule has 0 aromatic heterocycles. The Morgan fingerprint density at radius 2 is 1.16 bits per heavy atom. The second kappa shape index (κ2) is 7.10. The van der Waals surface area contributed by atoms with E-state index in [9.17, 15) is 0 Å². The zero-order chi connectivity index (χ0) is 16.9. The first-order valence-corrected chi connectivity index (χ1v) is 8.51. The molecule has 4 aromatic rings. The van der Waals surface area contributed by atoms with E-state index in [0.717, 1.165) is 23.6 Å². The fraction of sp³-hybridized carbons (Fsp3) is 0.0435. The summed E-state index contributed by atoms with van der Waals surface area (Å²) in [5, 5.41) is 9.50. The molecule has 122 valence electrons. The van der Waals surface area contributed by atoms with E-state index in [4.69, 9.17) is 0 Å². The van der Waals surface area contributed by atoms with Crippen LogP contribution in [-0.2, 0) is 6.54 Å². The van der Waals surface area contributed by atoms with E-state index in [1.54, 1.807) is 0 Å². The molecule has 0 amide bonds. The van der Waals surface area contributed by atoms with Crippen molar-refractivity contribution < 1.29 is 0 Å². The van der Waals surface area contributed by atoms with Gasteiger partial charge < -0.3 is 10.6 Å². The van der Waals surface area contributed by atoms with Crippen molar-refractivity contribution in [2.45, 2.75) is 6.54 Å². The largest absolute Gasteiger partial charge is 0.381 e. The van der Waals surface area contributed by atoms with Crippen molar-refractivity contribution in [2.24, 2.45) is 0 Å². The number of fused-ring (bicyclic) bond motifs is 1. The lowest BCUT2D eigenvalue weighted by Crippen LogP contribution is -2.00. The van der Waals surface area contributed by atoms with E-state index in [1.165, 1.54) is 16.3 Å². The molecule has 0 aliphatic rings. The van der Waals surface area contributed by atoms with Gasteiger partial charge in [-0.15, -0.1) is 0 Å². The van der Waals surface area contributed by atoms with Crippen LogP contribution in [0.4, 0.5) is 17.1 Å². The highest BCUT2D eigenvalue weighted by Gasteiger charge is 2.01. The molecular formula is C23H20N2. The molecule has 0 saturated heterocycles. The van der Waals surface area contributed by atoms with E-state index >= 15 is 0 Å². The topological polar surface area (TPSA) is 24.1 Å². The van der Waals surface area contributed by atoms with Crippen LogP contribution in [0.15, 0.2) is 97.1 Å². The van der Waals surface area contributed by atoms with Gasteiger partial charge in [0.05, 0.1) is 0 Å². The highest BCUT2D eigenvalue weighted by Crippen LogP contribution is 2.21. The van der Waals surface area contributed by atoms with E-state index in [1.807, 2.05) is 18.2 Å². The highest BCUT2D eigenvalue weighted by molar-refractivity contribution is 5.85. The molecule has 0 unspecified atom stereocenters. The van der Waals surface area contributed by atoms with Gasteiger partial charge in [-0.25, -0.2) is 0 Å². The summed E-state index contributed by atoms with van der Waals surface area (Å²) in [7, 11) is 0. The van der Waals surface area contributed by atoms with Crippen LogP contribution >= 0.6 is 0 Å². The van der Waals surface area contributed by atoms with Gasteiger partial charge in [-0.05, 0) is 52.7 Å². The summed E-state index contributed by atoms with van der Waals surface area (Å²) in [5.74, 6) is 0.